The van der Waals surface area contributed by atoms with Crippen LogP contribution in [0.5, 0.6) is 0 Å². The Hall–Kier alpha value is -1.43. The summed E-state index contributed by atoms with van der Waals surface area (Å²) in [4.78, 5) is 14.5. The summed E-state index contributed by atoms with van der Waals surface area (Å²) in [6.07, 6.45) is 0.524. The van der Waals surface area contributed by atoms with E-state index >= 15 is 0 Å². The van der Waals surface area contributed by atoms with Crippen LogP contribution in [0, 0.1) is 13.8 Å². The second-order valence-corrected chi connectivity index (χ2v) is 5.13. The monoisotopic (exact) mass is 268 g/mol. The quantitative estimate of drug-likeness (QED) is 0.833. The largest absolute Gasteiger partial charge is 0.393 e. The van der Waals surface area contributed by atoms with Crippen LogP contribution >= 0.6 is 12.2 Å². The third-order valence-corrected chi connectivity index (χ3v) is 3.37. The first-order valence-corrected chi connectivity index (χ1v) is 6.22. The van der Waals surface area contributed by atoms with E-state index in [1.54, 1.807) is 16.6 Å². The van der Waals surface area contributed by atoms with E-state index in [9.17, 15) is 4.79 Å². The number of hydrogen-bond donors (Lipinski definition) is 1. The summed E-state index contributed by atoms with van der Waals surface area (Å²) in [5.41, 5.74) is 7.79. The zero-order valence-corrected chi connectivity index (χ0v) is 12.3. The lowest BCUT2D eigenvalue weighted by Gasteiger charge is -2.24. The molecule has 1 amide bonds. The fraction of sp³-hybridized carbons (Fsp3) is 0.583. The van der Waals surface area contributed by atoms with Crippen LogP contribution in [0.4, 0.5) is 0 Å². The molecule has 0 aliphatic rings. The van der Waals surface area contributed by atoms with E-state index in [1.165, 1.54) is 0 Å². The molecule has 0 saturated carbocycles. The highest BCUT2D eigenvalue weighted by Gasteiger charge is 2.23. The van der Waals surface area contributed by atoms with Crippen molar-refractivity contribution >= 4 is 23.1 Å². The average molecular weight is 268 g/mol. The number of hydrogen-bond acceptors (Lipinski definition) is 3. The lowest BCUT2D eigenvalue weighted by atomic mass is 10.1. The molecule has 1 atom stereocenters. The molecule has 0 saturated heterocycles. The zero-order valence-electron chi connectivity index (χ0n) is 11.5. The lowest BCUT2D eigenvalue weighted by molar-refractivity contribution is 0.0746. The number of aromatic nitrogens is 2. The SMILES string of the molecule is Cc1nn(C)c(C)c1C(=O)N(C)C(C)CC(N)=S. The van der Waals surface area contributed by atoms with E-state index in [1.807, 2.05) is 27.8 Å². The van der Waals surface area contributed by atoms with Gasteiger partial charge in [0.05, 0.1) is 16.2 Å². The van der Waals surface area contributed by atoms with Gasteiger partial charge in [-0.05, 0) is 20.8 Å². The maximum atomic E-state index is 12.4. The van der Waals surface area contributed by atoms with Crippen molar-refractivity contribution in [1.82, 2.24) is 14.7 Å². The summed E-state index contributed by atoms with van der Waals surface area (Å²) < 4.78 is 1.72. The van der Waals surface area contributed by atoms with Gasteiger partial charge in [0.1, 0.15) is 0 Å². The van der Waals surface area contributed by atoms with Gasteiger partial charge in [-0.15, -0.1) is 0 Å². The summed E-state index contributed by atoms with van der Waals surface area (Å²) in [6, 6.07) is -0.0194. The highest BCUT2D eigenvalue weighted by molar-refractivity contribution is 7.80. The molecule has 0 aliphatic carbocycles. The van der Waals surface area contributed by atoms with Gasteiger partial charge in [0.15, 0.2) is 0 Å². The van der Waals surface area contributed by atoms with Gasteiger partial charge in [-0.25, -0.2) is 0 Å². The number of aryl methyl sites for hydroxylation is 2. The molecule has 1 aromatic heterocycles. The molecular weight excluding hydrogens is 248 g/mol. The predicted molar refractivity (Wildman–Crippen MR) is 75.6 cm³/mol. The van der Waals surface area contributed by atoms with Crippen molar-refractivity contribution < 1.29 is 4.79 Å². The van der Waals surface area contributed by atoms with Crippen molar-refractivity contribution in [3.63, 3.8) is 0 Å². The van der Waals surface area contributed by atoms with E-state index in [-0.39, 0.29) is 11.9 Å². The fourth-order valence-electron chi connectivity index (χ4n) is 1.89. The van der Waals surface area contributed by atoms with Crippen molar-refractivity contribution in [2.24, 2.45) is 12.8 Å². The van der Waals surface area contributed by atoms with Crippen LogP contribution in [0.1, 0.15) is 35.1 Å². The third kappa shape index (κ3) is 2.87. The zero-order chi connectivity index (χ0) is 14.0. The van der Waals surface area contributed by atoms with Crippen molar-refractivity contribution in [3.8, 4) is 0 Å². The topological polar surface area (TPSA) is 64.2 Å². The van der Waals surface area contributed by atoms with Crippen LogP contribution in [0.3, 0.4) is 0 Å². The Bertz CT molecular complexity index is 481. The first kappa shape index (κ1) is 14.6. The minimum absolute atomic E-state index is 0.0194. The number of carbonyl (C=O) groups excluding carboxylic acids is 1. The van der Waals surface area contributed by atoms with Crippen LogP contribution in [0.15, 0.2) is 0 Å². The van der Waals surface area contributed by atoms with Crippen LogP contribution in [0.2, 0.25) is 0 Å². The molecule has 0 fully saturated rings. The van der Waals surface area contributed by atoms with Crippen molar-refractivity contribution in [2.75, 3.05) is 7.05 Å². The van der Waals surface area contributed by atoms with Gasteiger partial charge in [-0.2, -0.15) is 5.10 Å². The minimum Gasteiger partial charge on any atom is -0.393 e. The van der Waals surface area contributed by atoms with E-state index < -0.39 is 0 Å². The van der Waals surface area contributed by atoms with Gasteiger partial charge < -0.3 is 10.6 Å². The first-order valence-electron chi connectivity index (χ1n) is 5.81. The normalized spacial score (nSPS) is 12.3. The number of amides is 1. The molecule has 0 aromatic carbocycles. The minimum atomic E-state index is -0.0400. The molecule has 0 spiro atoms. The van der Waals surface area contributed by atoms with E-state index in [0.29, 0.717) is 17.0 Å². The average Bonchev–Trinajstić information content (AvgIpc) is 2.50. The standard InChI is InChI=1S/C12H20N4OS/c1-7(6-10(13)18)15(4)12(17)11-8(2)14-16(5)9(11)3/h7H,6H2,1-5H3,(H2,13,18). The van der Waals surface area contributed by atoms with Crippen LogP contribution in [0.25, 0.3) is 0 Å². The Morgan fingerprint density at radius 1 is 1.56 bits per heavy atom. The van der Waals surface area contributed by atoms with Crippen molar-refractivity contribution in [1.29, 1.82) is 0 Å². The van der Waals surface area contributed by atoms with E-state index in [2.05, 4.69) is 5.10 Å². The van der Waals surface area contributed by atoms with Gasteiger partial charge in [-0.3, -0.25) is 9.48 Å². The number of carbonyl (C=O) groups is 1. The lowest BCUT2D eigenvalue weighted by Crippen LogP contribution is -2.37. The van der Waals surface area contributed by atoms with Gasteiger partial charge in [0, 0.05) is 32.3 Å². The van der Waals surface area contributed by atoms with Crippen LogP contribution < -0.4 is 5.73 Å². The molecule has 0 bridgehead atoms. The maximum Gasteiger partial charge on any atom is 0.257 e. The number of nitrogens with two attached hydrogens (primary N) is 1. The summed E-state index contributed by atoms with van der Waals surface area (Å²) in [5, 5.41) is 4.25. The Balaban J connectivity index is 2.96. The highest BCUT2D eigenvalue weighted by atomic mass is 32.1. The van der Waals surface area contributed by atoms with Gasteiger partial charge in [0.25, 0.3) is 5.91 Å². The molecule has 1 rings (SSSR count). The Morgan fingerprint density at radius 2 is 2.11 bits per heavy atom. The Labute approximate surface area is 113 Å². The van der Waals surface area contributed by atoms with Gasteiger partial charge >= 0.3 is 0 Å². The second kappa shape index (κ2) is 5.48. The maximum absolute atomic E-state index is 12.4. The number of rotatable bonds is 4. The first-order chi connectivity index (χ1) is 8.25. The number of thiocarbonyl (C=S) groups is 1. The molecule has 5 nitrogen and oxygen atoms in total. The molecular formula is C12H20N4OS. The number of nitrogens with zero attached hydrogens (tertiary/aromatic N) is 3. The molecule has 6 heteroatoms. The van der Waals surface area contributed by atoms with E-state index in [4.69, 9.17) is 18.0 Å². The summed E-state index contributed by atoms with van der Waals surface area (Å²) in [6.45, 7) is 5.66. The molecule has 0 radical (unpaired) electrons. The van der Waals surface area contributed by atoms with Crippen molar-refractivity contribution in [2.45, 2.75) is 33.2 Å². The predicted octanol–water partition coefficient (Wildman–Crippen LogP) is 1.17. The van der Waals surface area contributed by atoms with Crippen LogP contribution in [-0.2, 0) is 7.05 Å². The molecule has 0 aliphatic heterocycles. The molecule has 18 heavy (non-hydrogen) atoms. The van der Waals surface area contributed by atoms with Gasteiger partial charge in [0.2, 0.25) is 0 Å². The Kier molecular flexibility index (Phi) is 4.45. The smallest absolute Gasteiger partial charge is 0.257 e. The summed E-state index contributed by atoms with van der Waals surface area (Å²) in [7, 11) is 3.59. The second-order valence-electron chi connectivity index (χ2n) is 4.60. The molecule has 1 aromatic rings. The van der Waals surface area contributed by atoms with Crippen LogP contribution in [-0.4, -0.2) is 38.7 Å². The van der Waals surface area contributed by atoms with Gasteiger partial charge in [-0.1, -0.05) is 12.2 Å². The summed E-state index contributed by atoms with van der Waals surface area (Å²) >= 11 is 4.87. The molecule has 2 N–H and O–H groups in total. The molecule has 1 heterocycles. The van der Waals surface area contributed by atoms with E-state index in [0.717, 1.165) is 11.4 Å². The fourth-order valence-corrected chi connectivity index (χ4v) is 2.13. The highest BCUT2D eigenvalue weighted by Crippen LogP contribution is 2.16. The summed E-state index contributed by atoms with van der Waals surface area (Å²) in [5.74, 6) is -0.0400. The van der Waals surface area contributed by atoms with Crippen molar-refractivity contribution in [3.05, 3.63) is 17.0 Å². The molecule has 1 unspecified atom stereocenters. The molecule has 100 valence electrons. The Morgan fingerprint density at radius 3 is 2.50 bits per heavy atom. The third-order valence-electron chi connectivity index (χ3n) is 3.20.